The molecule has 1 aromatic heterocycles. The van der Waals surface area contributed by atoms with Gasteiger partial charge in [0.15, 0.2) is 0 Å². The van der Waals surface area contributed by atoms with E-state index in [2.05, 4.69) is 11.8 Å². The van der Waals surface area contributed by atoms with Crippen molar-refractivity contribution in [3.05, 3.63) is 71.7 Å². The summed E-state index contributed by atoms with van der Waals surface area (Å²) in [6.07, 6.45) is 3.88. The third-order valence-electron chi connectivity index (χ3n) is 5.83. The molecule has 3 aromatic rings. The average molecular weight is 438 g/mol. The largest absolute Gasteiger partial charge is 0.438 e. The molecule has 0 bridgehead atoms. The van der Waals surface area contributed by atoms with Crippen molar-refractivity contribution in [2.24, 2.45) is 5.92 Å². The van der Waals surface area contributed by atoms with Crippen LogP contribution in [0.5, 0.6) is 11.6 Å². The van der Waals surface area contributed by atoms with E-state index in [1.54, 1.807) is 16.8 Å². The zero-order chi connectivity index (χ0) is 22.5. The van der Waals surface area contributed by atoms with E-state index in [0.717, 1.165) is 36.3 Å². The molecule has 5 nitrogen and oxygen atoms in total. The highest BCUT2D eigenvalue weighted by atomic mass is 19.1. The Hall–Kier alpha value is -2.70. The Bertz CT molecular complexity index is 1020. The number of aryl methyl sites for hydroxylation is 1. The fourth-order valence-electron chi connectivity index (χ4n) is 4.03. The molecule has 0 saturated heterocycles. The molecule has 1 N–H and O–H groups in total. The van der Waals surface area contributed by atoms with Gasteiger partial charge < -0.3 is 9.84 Å². The highest BCUT2D eigenvalue weighted by molar-refractivity contribution is 5.43. The lowest BCUT2D eigenvalue weighted by atomic mass is 10.1. The number of benzene rings is 2. The maximum absolute atomic E-state index is 13.8. The summed E-state index contributed by atoms with van der Waals surface area (Å²) in [7, 11) is 0. The first kappa shape index (κ1) is 22.5. The van der Waals surface area contributed by atoms with E-state index >= 15 is 0 Å². The predicted molar refractivity (Wildman–Crippen MR) is 124 cm³/mol. The second-order valence-electron chi connectivity index (χ2n) is 8.76. The van der Waals surface area contributed by atoms with Gasteiger partial charge in [0.2, 0.25) is 5.88 Å². The van der Waals surface area contributed by atoms with E-state index in [0.29, 0.717) is 30.6 Å². The zero-order valence-corrected chi connectivity index (χ0v) is 18.9. The van der Waals surface area contributed by atoms with Crippen molar-refractivity contribution in [3.63, 3.8) is 0 Å². The highest BCUT2D eigenvalue weighted by Crippen LogP contribution is 2.34. The van der Waals surface area contributed by atoms with Crippen molar-refractivity contribution >= 4 is 0 Å². The van der Waals surface area contributed by atoms with Crippen LogP contribution in [-0.2, 0) is 6.54 Å². The molecular weight excluding hydrogens is 405 g/mol. The van der Waals surface area contributed by atoms with Crippen LogP contribution in [0.2, 0.25) is 0 Å². The summed E-state index contributed by atoms with van der Waals surface area (Å²) >= 11 is 0. The number of para-hydroxylation sites is 1. The van der Waals surface area contributed by atoms with Crippen molar-refractivity contribution in [1.82, 2.24) is 14.7 Å². The fourth-order valence-corrected chi connectivity index (χ4v) is 4.03. The molecule has 0 radical (unpaired) electrons. The maximum atomic E-state index is 13.8. The number of aromatic nitrogens is 2. The number of hydrogen-bond acceptors (Lipinski definition) is 4. The molecule has 0 aliphatic heterocycles. The van der Waals surface area contributed by atoms with Crippen LogP contribution in [0.4, 0.5) is 4.39 Å². The molecule has 1 aliphatic carbocycles. The number of halogens is 1. The van der Waals surface area contributed by atoms with Crippen molar-refractivity contribution in [2.75, 3.05) is 13.1 Å². The van der Waals surface area contributed by atoms with Gasteiger partial charge in [-0.3, -0.25) is 4.90 Å². The Morgan fingerprint density at radius 3 is 2.66 bits per heavy atom. The zero-order valence-electron chi connectivity index (χ0n) is 18.9. The average Bonchev–Trinajstić information content (AvgIpc) is 3.54. The smallest absolute Gasteiger partial charge is 0.227 e. The van der Waals surface area contributed by atoms with Gasteiger partial charge in [0.05, 0.1) is 23.0 Å². The number of hydrogen-bond donors (Lipinski definition) is 1. The molecular formula is C26H32FN3O2. The van der Waals surface area contributed by atoms with Crippen LogP contribution in [0.25, 0.3) is 5.69 Å². The number of aliphatic hydroxyl groups is 1. The molecule has 1 atom stereocenters. The van der Waals surface area contributed by atoms with E-state index in [1.165, 1.54) is 25.0 Å². The third kappa shape index (κ3) is 5.75. The maximum Gasteiger partial charge on any atom is 0.227 e. The number of aliphatic hydroxyl groups excluding tert-OH is 1. The predicted octanol–water partition coefficient (Wildman–Crippen LogP) is 5.49. The lowest BCUT2D eigenvalue weighted by molar-refractivity contribution is 0.0977. The standard InChI is InChI=1S/C26H32FN3O2/c1-3-8-23(31)17-29(16-20-13-14-20)18-25-19(2)28-30(22-10-5-4-6-11-22)26(25)32-24-12-7-9-21(27)15-24/h4-7,9-12,15,20,23,31H,3,8,13-14,16-18H2,1-2H3/t23-/m1/s1. The van der Waals surface area contributed by atoms with Gasteiger partial charge >= 0.3 is 0 Å². The fraction of sp³-hybridized carbons (Fsp3) is 0.423. The summed E-state index contributed by atoms with van der Waals surface area (Å²) in [6, 6.07) is 16.0. The molecule has 2 aromatic carbocycles. The summed E-state index contributed by atoms with van der Waals surface area (Å²) in [5.74, 6) is 1.37. The monoisotopic (exact) mass is 437 g/mol. The second-order valence-corrected chi connectivity index (χ2v) is 8.76. The summed E-state index contributed by atoms with van der Waals surface area (Å²) in [5, 5.41) is 15.3. The highest BCUT2D eigenvalue weighted by Gasteiger charge is 2.28. The lowest BCUT2D eigenvalue weighted by Gasteiger charge is -2.25. The van der Waals surface area contributed by atoms with Gasteiger partial charge in [0, 0.05) is 25.7 Å². The van der Waals surface area contributed by atoms with E-state index < -0.39 is 0 Å². The minimum Gasteiger partial charge on any atom is -0.438 e. The van der Waals surface area contributed by atoms with Gasteiger partial charge in [-0.25, -0.2) is 9.07 Å². The van der Waals surface area contributed by atoms with Gasteiger partial charge in [-0.2, -0.15) is 5.10 Å². The number of rotatable bonds is 11. The van der Waals surface area contributed by atoms with Crippen LogP contribution in [0.15, 0.2) is 54.6 Å². The molecule has 1 aliphatic rings. The normalized spacial score (nSPS) is 14.7. The van der Waals surface area contributed by atoms with Crippen molar-refractivity contribution in [3.8, 4) is 17.3 Å². The Morgan fingerprint density at radius 2 is 1.97 bits per heavy atom. The van der Waals surface area contributed by atoms with Gasteiger partial charge in [0.1, 0.15) is 11.6 Å². The summed E-state index contributed by atoms with van der Waals surface area (Å²) in [5.41, 5.74) is 2.71. The number of ether oxygens (including phenoxy) is 1. The first-order chi connectivity index (χ1) is 15.5. The number of nitrogens with zero attached hydrogens (tertiary/aromatic N) is 3. The molecule has 1 fully saturated rings. The van der Waals surface area contributed by atoms with Gasteiger partial charge in [0.25, 0.3) is 0 Å². The second kappa shape index (κ2) is 10.3. The van der Waals surface area contributed by atoms with E-state index in [1.807, 2.05) is 37.3 Å². The molecule has 0 amide bonds. The Morgan fingerprint density at radius 1 is 1.19 bits per heavy atom. The first-order valence-electron chi connectivity index (χ1n) is 11.5. The van der Waals surface area contributed by atoms with Crippen LogP contribution in [-0.4, -0.2) is 39.0 Å². The Labute approximate surface area is 189 Å². The van der Waals surface area contributed by atoms with Gasteiger partial charge in [-0.05, 0) is 56.4 Å². The molecule has 4 rings (SSSR count). The quantitative estimate of drug-likeness (QED) is 0.431. The van der Waals surface area contributed by atoms with E-state index in [9.17, 15) is 9.50 Å². The molecule has 170 valence electrons. The Balaban J connectivity index is 1.68. The summed E-state index contributed by atoms with van der Waals surface area (Å²) in [6.45, 7) is 6.27. The van der Waals surface area contributed by atoms with Crippen molar-refractivity contribution in [2.45, 2.75) is 52.2 Å². The minimum absolute atomic E-state index is 0.343. The SMILES string of the molecule is CCC[C@@H](O)CN(Cc1c(C)nn(-c2ccccc2)c1Oc1cccc(F)c1)CC1CC1. The topological polar surface area (TPSA) is 50.5 Å². The van der Waals surface area contributed by atoms with E-state index in [-0.39, 0.29) is 11.9 Å². The van der Waals surface area contributed by atoms with Gasteiger partial charge in [-0.15, -0.1) is 0 Å². The molecule has 0 spiro atoms. The summed E-state index contributed by atoms with van der Waals surface area (Å²) < 4.78 is 21.9. The molecule has 0 unspecified atom stereocenters. The molecule has 6 heteroatoms. The third-order valence-corrected chi connectivity index (χ3v) is 5.83. The molecule has 1 heterocycles. The lowest BCUT2D eigenvalue weighted by Crippen LogP contribution is -2.33. The van der Waals surface area contributed by atoms with Crippen molar-refractivity contribution in [1.29, 1.82) is 0 Å². The van der Waals surface area contributed by atoms with Crippen LogP contribution >= 0.6 is 0 Å². The molecule has 1 saturated carbocycles. The Kier molecular flexibility index (Phi) is 7.22. The van der Waals surface area contributed by atoms with Crippen LogP contribution in [0.3, 0.4) is 0 Å². The van der Waals surface area contributed by atoms with Gasteiger partial charge in [-0.1, -0.05) is 37.6 Å². The van der Waals surface area contributed by atoms with E-state index in [4.69, 9.17) is 9.84 Å². The van der Waals surface area contributed by atoms with Crippen LogP contribution < -0.4 is 4.74 Å². The van der Waals surface area contributed by atoms with Crippen LogP contribution in [0.1, 0.15) is 43.9 Å². The van der Waals surface area contributed by atoms with Crippen LogP contribution in [0, 0.1) is 18.7 Å². The van der Waals surface area contributed by atoms with Crippen molar-refractivity contribution < 1.29 is 14.2 Å². The molecule has 32 heavy (non-hydrogen) atoms. The minimum atomic E-state index is -0.351. The first-order valence-corrected chi connectivity index (χ1v) is 11.5. The summed E-state index contributed by atoms with van der Waals surface area (Å²) in [4.78, 5) is 2.32.